The van der Waals surface area contributed by atoms with Crippen LogP contribution in [0.4, 0.5) is 0 Å². The third kappa shape index (κ3) is 3.20. The molecule has 0 radical (unpaired) electrons. The lowest BCUT2D eigenvalue weighted by molar-refractivity contribution is 0.0253. The monoisotopic (exact) mass is 298 g/mol. The molecule has 1 aliphatic heterocycles. The summed E-state index contributed by atoms with van der Waals surface area (Å²) in [7, 11) is 0. The fraction of sp³-hybridized carbons (Fsp3) is 0.417. The average Bonchev–Trinajstić information content (AvgIpc) is 2.33. The van der Waals surface area contributed by atoms with Gasteiger partial charge in [0.2, 0.25) is 0 Å². The van der Waals surface area contributed by atoms with Gasteiger partial charge in [0.25, 0.3) is 0 Å². The Morgan fingerprint density at radius 3 is 2.71 bits per heavy atom. The summed E-state index contributed by atoms with van der Waals surface area (Å²) >= 11 is 3.43. The van der Waals surface area contributed by atoms with Crippen LogP contribution in [0.5, 0.6) is 5.75 Å². The Kier molecular flexibility index (Phi) is 4.02. The van der Waals surface area contributed by atoms with Crippen molar-refractivity contribution in [2.75, 3.05) is 13.2 Å². The highest BCUT2D eigenvalue weighted by Crippen LogP contribution is 2.28. The summed E-state index contributed by atoms with van der Waals surface area (Å²) in [6.45, 7) is 1.52. The number of benzene rings is 1. The molecule has 1 aromatic carbocycles. The van der Waals surface area contributed by atoms with E-state index in [2.05, 4.69) is 15.9 Å². The maximum atomic E-state index is 7.35. The number of nitrogens with one attached hydrogen (secondary N) is 1. The van der Waals surface area contributed by atoms with Crippen LogP contribution >= 0.6 is 15.9 Å². The predicted octanol–water partition coefficient (Wildman–Crippen LogP) is 2.29. The summed E-state index contributed by atoms with van der Waals surface area (Å²) in [5.74, 6) is 0.852. The smallest absolute Gasteiger partial charge is 0.133 e. The van der Waals surface area contributed by atoms with Gasteiger partial charge in [0.15, 0.2) is 0 Å². The zero-order chi connectivity index (χ0) is 12.3. The molecule has 0 amide bonds. The summed E-state index contributed by atoms with van der Waals surface area (Å²) in [4.78, 5) is 0. The molecule has 17 heavy (non-hydrogen) atoms. The minimum atomic E-state index is 0.0586. The molecule has 0 unspecified atom stereocenters. The first-order chi connectivity index (χ1) is 8.16. The lowest BCUT2D eigenvalue weighted by atomic mass is 10.1. The minimum Gasteiger partial charge on any atom is -0.489 e. The van der Waals surface area contributed by atoms with Crippen LogP contribution in [-0.2, 0) is 4.74 Å². The third-order valence-electron chi connectivity index (χ3n) is 2.70. The summed E-state index contributed by atoms with van der Waals surface area (Å²) in [6, 6.07) is 5.44. The van der Waals surface area contributed by atoms with Crippen LogP contribution in [0.1, 0.15) is 18.4 Å². The van der Waals surface area contributed by atoms with Crippen LogP contribution < -0.4 is 10.5 Å². The lowest BCUT2D eigenvalue weighted by Crippen LogP contribution is -2.26. The van der Waals surface area contributed by atoms with Crippen LogP contribution in [0.2, 0.25) is 0 Å². The van der Waals surface area contributed by atoms with Gasteiger partial charge in [-0.05, 0) is 34.1 Å². The molecule has 0 spiro atoms. The van der Waals surface area contributed by atoms with Gasteiger partial charge in [0.05, 0.1) is 17.7 Å². The number of nitrogens with two attached hydrogens (primary N) is 1. The molecular weight excluding hydrogens is 284 g/mol. The van der Waals surface area contributed by atoms with Crippen molar-refractivity contribution in [2.24, 2.45) is 5.73 Å². The Balaban J connectivity index is 2.08. The molecule has 0 aliphatic carbocycles. The van der Waals surface area contributed by atoms with Crippen LogP contribution in [0, 0.1) is 5.41 Å². The summed E-state index contributed by atoms with van der Waals surface area (Å²) < 4.78 is 12.0. The SMILES string of the molecule is N=C(N)c1ccc(OC2CCOCC2)c(Br)c1. The van der Waals surface area contributed by atoms with Crippen LogP contribution in [-0.4, -0.2) is 25.2 Å². The minimum absolute atomic E-state index is 0.0586. The van der Waals surface area contributed by atoms with Crippen LogP contribution in [0.25, 0.3) is 0 Å². The molecule has 3 N–H and O–H groups in total. The molecule has 1 saturated heterocycles. The Hall–Kier alpha value is -1.07. The predicted molar refractivity (Wildman–Crippen MR) is 69.6 cm³/mol. The van der Waals surface area contributed by atoms with E-state index < -0.39 is 0 Å². The van der Waals surface area contributed by atoms with E-state index in [-0.39, 0.29) is 11.9 Å². The zero-order valence-corrected chi connectivity index (χ0v) is 11.0. The molecule has 1 heterocycles. The Labute approximate surface area is 109 Å². The first-order valence-corrected chi connectivity index (χ1v) is 6.34. The second-order valence-electron chi connectivity index (χ2n) is 3.99. The van der Waals surface area contributed by atoms with Gasteiger partial charge in [0, 0.05) is 18.4 Å². The van der Waals surface area contributed by atoms with E-state index in [0.717, 1.165) is 36.3 Å². The van der Waals surface area contributed by atoms with Gasteiger partial charge in [-0.3, -0.25) is 5.41 Å². The molecule has 1 aliphatic rings. The normalized spacial score (nSPS) is 16.8. The maximum Gasteiger partial charge on any atom is 0.133 e. The molecule has 5 heteroatoms. The maximum absolute atomic E-state index is 7.35. The molecule has 2 rings (SSSR count). The number of nitrogen functional groups attached to an aromatic ring is 1. The standard InChI is InChI=1S/C12H15BrN2O2/c13-10-7-8(12(14)15)1-2-11(10)17-9-3-5-16-6-4-9/h1-2,7,9H,3-6H2,(H3,14,15). The lowest BCUT2D eigenvalue weighted by Gasteiger charge is -2.24. The van der Waals surface area contributed by atoms with Gasteiger partial charge in [-0.2, -0.15) is 0 Å². The first kappa shape index (κ1) is 12.4. The van der Waals surface area contributed by atoms with E-state index in [1.165, 1.54) is 0 Å². The zero-order valence-electron chi connectivity index (χ0n) is 9.41. The van der Waals surface area contributed by atoms with Gasteiger partial charge < -0.3 is 15.2 Å². The van der Waals surface area contributed by atoms with E-state index in [1.54, 1.807) is 12.1 Å². The van der Waals surface area contributed by atoms with Crippen molar-refractivity contribution in [3.8, 4) is 5.75 Å². The van der Waals surface area contributed by atoms with Crippen molar-refractivity contribution < 1.29 is 9.47 Å². The third-order valence-corrected chi connectivity index (χ3v) is 3.32. The molecule has 1 fully saturated rings. The van der Waals surface area contributed by atoms with Crippen molar-refractivity contribution in [3.63, 3.8) is 0 Å². The molecule has 0 atom stereocenters. The second-order valence-corrected chi connectivity index (χ2v) is 4.84. The Morgan fingerprint density at radius 1 is 1.41 bits per heavy atom. The van der Waals surface area contributed by atoms with Crippen molar-refractivity contribution in [3.05, 3.63) is 28.2 Å². The molecule has 0 bridgehead atoms. The van der Waals surface area contributed by atoms with Gasteiger partial charge >= 0.3 is 0 Å². The van der Waals surface area contributed by atoms with E-state index in [9.17, 15) is 0 Å². The van der Waals surface area contributed by atoms with Gasteiger partial charge in [0.1, 0.15) is 17.7 Å². The highest BCUT2D eigenvalue weighted by atomic mass is 79.9. The number of rotatable bonds is 3. The Morgan fingerprint density at radius 2 is 2.12 bits per heavy atom. The average molecular weight is 299 g/mol. The van der Waals surface area contributed by atoms with Crippen molar-refractivity contribution >= 4 is 21.8 Å². The van der Waals surface area contributed by atoms with Gasteiger partial charge in [-0.25, -0.2) is 0 Å². The first-order valence-electron chi connectivity index (χ1n) is 5.55. The van der Waals surface area contributed by atoms with E-state index in [1.807, 2.05) is 6.07 Å². The van der Waals surface area contributed by atoms with E-state index in [4.69, 9.17) is 20.6 Å². The summed E-state index contributed by atoms with van der Waals surface area (Å²) in [5.41, 5.74) is 6.11. The van der Waals surface area contributed by atoms with E-state index in [0.29, 0.717) is 5.56 Å². The summed E-state index contributed by atoms with van der Waals surface area (Å²) in [5, 5.41) is 7.35. The van der Waals surface area contributed by atoms with Crippen molar-refractivity contribution in [2.45, 2.75) is 18.9 Å². The number of ether oxygens (including phenoxy) is 2. The quantitative estimate of drug-likeness (QED) is 0.664. The summed E-state index contributed by atoms with van der Waals surface area (Å²) in [6.07, 6.45) is 2.05. The van der Waals surface area contributed by atoms with Crippen LogP contribution in [0.3, 0.4) is 0 Å². The molecule has 0 saturated carbocycles. The Bertz CT molecular complexity index is 417. The number of amidine groups is 1. The topological polar surface area (TPSA) is 68.3 Å². The molecule has 0 aromatic heterocycles. The number of halogens is 1. The van der Waals surface area contributed by atoms with E-state index >= 15 is 0 Å². The van der Waals surface area contributed by atoms with Gasteiger partial charge in [-0.1, -0.05) is 0 Å². The molecule has 4 nitrogen and oxygen atoms in total. The van der Waals surface area contributed by atoms with Crippen molar-refractivity contribution in [1.29, 1.82) is 5.41 Å². The van der Waals surface area contributed by atoms with Gasteiger partial charge in [-0.15, -0.1) is 0 Å². The van der Waals surface area contributed by atoms with Crippen LogP contribution in [0.15, 0.2) is 22.7 Å². The highest BCUT2D eigenvalue weighted by Gasteiger charge is 2.16. The number of hydrogen-bond donors (Lipinski definition) is 2. The highest BCUT2D eigenvalue weighted by molar-refractivity contribution is 9.10. The molecule has 1 aromatic rings. The largest absolute Gasteiger partial charge is 0.489 e. The fourth-order valence-electron chi connectivity index (χ4n) is 1.74. The second kappa shape index (κ2) is 5.51. The molecule has 92 valence electrons. The van der Waals surface area contributed by atoms with Crippen molar-refractivity contribution in [1.82, 2.24) is 0 Å². The molecular formula is C12H15BrN2O2. The fourth-order valence-corrected chi connectivity index (χ4v) is 2.21. The number of hydrogen-bond acceptors (Lipinski definition) is 3.